The zero-order valence-electron chi connectivity index (χ0n) is 14.5. The second kappa shape index (κ2) is 7.51. The lowest BCUT2D eigenvalue weighted by molar-refractivity contribution is 0.280. The van der Waals surface area contributed by atoms with Crippen molar-refractivity contribution in [2.24, 2.45) is 0 Å². The lowest BCUT2D eigenvalue weighted by Crippen LogP contribution is -2.14. The second-order valence-electron chi connectivity index (χ2n) is 6.11. The molecule has 4 aromatic rings. The number of fused-ring (bicyclic) bond motifs is 1. The van der Waals surface area contributed by atoms with E-state index < -0.39 is 0 Å². The molecule has 0 amide bonds. The minimum Gasteiger partial charge on any atom is -0.396 e. The standard InChI is InChI=1S/C20H18FN5O/c21-16-9-5-4-8-15(16)20-24-23-19-11-10-18(25-26(19)20)22-17(12-13-27)14-6-2-1-3-7-14/h1-11,17,27H,12-13H2,(H,22,25)/t17-/m1/s1. The van der Waals surface area contributed by atoms with Crippen molar-refractivity contribution in [3.63, 3.8) is 0 Å². The predicted octanol–water partition coefficient (Wildman–Crippen LogP) is 3.47. The molecule has 27 heavy (non-hydrogen) atoms. The number of anilines is 1. The summed E-state index contributed by atoms with van der Waals surface area (Å²) in [7, 11) is 0. The van der Waals surface area contributed by atoms with Crippen LogP contribution in [-0.2, 0) is 0 Å². The quantitative estimate of drug-likeness (QED) is 0.549. The molecule has 0 bridgehead atoms. The molecule has 0 saturated heterocycles. The number of nitrogens with one attached hydrogen (secondary N) is 1. The Morgan fingerprint density at radius 3 is 2.52 bits per heavy atom. The molecule has 0 aliphatic rings. The Morgan fingerprint density at radius 2 is 1.74 bits per heavy atom. The van der Waals surface area contributed by atoms with Crippen molar-refractivity contribution >= 4 is 11.5 Å². The van der Waals surface area contributed by atoms with Crippen LogP contribution in [0.3, 0.4) is 0 Å². The van der Waals surface area contributed by atoms with Crippen LogP contribution in [0.4, 0.5) is 10.2 Å². The zero-order chi connectivity index (χ0) is 18.6. The highest BCUT2D eigenvalue weighted by atomic mass is 19.1. The van der Waals surface area contributed by atoms with Gasteiger partial charge in [0.15, 0.2) is 11.5 Å². The van der Waals surface area contributed by atoms with Crippen LogP contribution < -0.4 is 5.32 Å². The molecular formula is C20H18FN5O. The van der Waals surface area contributed by atoms with Crippen LogP contribution in [0.1, 0.15) is 18.0 Å². The Labute approximate surface area is 155 Å². The molecule has 7 heteroatoms. The first-order valence-corrected chi connectivity index (χ1v) is 8.66. The van der Waals surface area contributed by atoms with Gasteiger partial charge in [-0.2, -0.15) is 4.52 Å². The molecular weight excluding hydrogens is 345 g/mol. The van der Waals surface area contributed by atoms with E-state index in [0.29, 0.717) is 29.3 Å². The van der Waals surface area contributed by atoms with E-state index in [1.807, 2.05) is 30.3 Å². The Bertz CT molecular complexity index is 1050. The lowest BCUT2D eigenvalue weighted by Gasteiger charge is -2.19. The van der Waals surface area contributed by atoms with Crippen LogP contribution in [0, 0.1) is 5.82 Å². The van der Waals surface area contributed by atoms with Crippen molar-refractivity contribution in [1.82, 2.24) is 19.8 Å². The first kappa shape index (κ1) is 17.1. The second-order valence-corrected chi connectivity index (χ2v) is 6.11. The third kappa shape index (κ3) is 3.50. The van der Waals surface area contributed by atoms with E-state index in [0.717, 1.165) is 5.56 Å². The molecule has 136 valence electrons. The summed E-state index contributed by atoms with van der Waals surface area (Å²) in [5, 5.41) is 25.4. The van der Waals surface area contributed by atoms with Crippen LogP contribution in [-0.4, -0.2) is 31.5 Å². The molecule has 2 aromatic carbocycles. The van der Waals surface area contributed by atoms with Crippen molar-refractivity contribution < 1.29 is 9.50 Å². The van der Waals surface area contributed by atoms with Gasteiger partial charge in [0.05, 0.1) is 11.6 Å². The number of rotatable bonds is 6. The summed E-state index contributed by atoms with van der Waals surface area (Å²) >= 11 is 0. The van der Waals surface area contributed by atoms with Gasteiger partial charge in [-0.1, -0.05) is 42.5 Å². The minimum absolute atomic E-state index is 0.0436. The molecule has 0 radical (unpaired) electrons. The molecule has 4 rings (SSSR count). The Kier molecular flexibility index (Phi) is 4.76. The van der Waals surface area contributed by atoms with E-state index in [1.54, 1.807) is 30.3 Å². The summed E-state index contributed by atoms with van der Waals surface area (Å²) in [6.07, 6.45) is 0.534. The Hall–Kier alpha value is -3.32. The van der Waals surface area contributed by atoms with E-state index >= 15 is 0 Å². The maximum atomic E-state index is 14.2. The van der Waals surface area contributed by atoms with E-state index in [4.69, 9.17) is 0 Å². The molecule has 2 N–H and O–H groups in total. The van der Waals surface area contributed by atoms with Crippen molar-refractivity contribution in [3.8, 4) is 11.4 Å². The fourth-order valence-corrected chi connectivity index (χ4v) is 2.99. The molecule has 0 unspecified atom stereocenters. The first-order valence-electron chi connectivity index (χ1n) is 8.66. The van der Waals surface area contributed by atoms with Crippen molar-refractivity contribution in [2.45, 2.75) is 12.5 Å². The van der Waals surface area contributed by atoms with Gasteiger partial charge in [-0.25, -0.2) is 4.39 Å². The van der Waals surface area contributed by atoms with Gasteiger partial charge in [0.25, 0.3) is 0 Å². The number of aliphatic hydroxyl groups excluding tert-OH is 1. The van der Waals surface area contributed by atoms with E-state index in [-0.39, 0.29) is 18.5 Å². The fraction of sp³-hybridized carbons (Fsp3) is 0.150. The number of hydrogen-bond acceptors (Lipinski definition) is 5. The number of nitrogens with zero attached hydrogens (tertiary/aromatic N) is 4. The minimum atomic E-state index is -0.380. The highest BCUT2D eigenvalue weighted by molar-refractivity contribution is 5.60. The topological polar surface area (TPSA) is 75.3 Å². The Balaban J connectivity index is 1.71. The van der Waals surface area contributed by atoms with Gasteiger partial charge in [-0.3, -0.25) is 0 Å². The van der Waals surface area contributed by atoms with E-state index in [2.05, 4.69) is 20.6 Å². The van der Waals surface area contributed by atoms with Crippen molar-refractivity contribution in [3.05, 3.63) is 78.1 Å². The van der Waals surface area contributed by atoms with E-state index in [1.165, 1.54) is 10.6 Å². The largest absolute Gasteiger partial charge is 0.396 e. The zero-order valence-corrected chi connectivity index (χ0v) is 14.5. The van der Waals surface area contributed by atoms with Gasteiger partial charge in [0, 0.05) is 6.61 Å². The summed E-state index contributed by atoms with van der Waals surface area (Å²) in [5.74, 6) is 0.543. The molecule has 0 saturated carbocycles. The number of halogens is 1. The predicted molar refractivity (Wildman–Crippen MR) is 101 cm³/mol. The Morgan fingerprint density at radius 1 is 0.963 bits per heavy atom. The highest BCUT2D eigenvalue weighted by Gasteiger charge is 2.15. The molecule has 2 aromatic heterocycles. The van der Waals surface area contributed by atoms with Crippen LogP contribution in [0.5, 0.6) is 0 Å². The first-order chi connectivity index (χ1) is 13.3. The number of aliphatic hydroxyl groups is 1. The van der Waals surface area contributed by atoms with E-state index in [9.17, 15) is 9.50 Å². The summed E-state index contributed by atoms with van der Waals surface area (Å²) in [6.45, 7) is 0.0436. The number of aromatic nitrogens is 4. The molecule has 0 aliphatic carbocycles. The molecule has 2 heterocycles. The average molecular weight is 363 g/mol. The van der Waals surface area contributed by atoms with Crippen LogP contribution >= 0.6 is 0 Å². The molecule has 0 spiro atoms. The van der Waals surface area contributed by atoms with Crippen molar-refractivity contribution in [2.75, 3.05) is 11.9 Å². The maximum absolute atomic E-state index is 14.2. The van der Waals surface area contributed by atoms with Gasteiger partial charge in [0.1, 0.15) is 11.6 Å². The monoisotopic (exact) mass is 363 g/mol. The number of benzene rings is 2. The molecule has 1 atom stereocenters. The van der Waals surface area contributed by atoms with Gasteiger partial charge in [0.2, 0.25) is 0 Å². The van der Waals surface area contributed by atoms with Crippen LogP contribution in [0.15, 0.2) is 66.7 Å². The maximum Gasteiger partial charge on any atom is 0.188 e. The third-order valence-electron chi connectivity index (χ3n) is 4.32. The molecule has 6 nitrogen and oxygen atoms in total. The van der Waals surface area contributed by atoms with Gasteiger partial charge in [-0.05, 0) is 36.2 Å². The fourth-order valence-electron chi connectivity index (χ4n) is 2.99. The third-order valence-corrected chi connectivity index (χ3v) is 4.32. The average Bonchev–Trinajstić information content (AvgIpc) is 3.12. The molecule has 0 aliphatic heterocycles. The smallest absolute Gasteiger partial charge is 0.188 e. The number of hydrogen-bond donors (Lipinski definition) is 2. The lowest BCUT2D eigenvalue weighted by atomic mass is 10.0. The molecule has 0 fully saturated rings. The normalized spacial score (nSPS) is 12.2. The highest BCUT2D eigenvalue weighted by Crippen LogP contribution is 2.24. The summed E-state index contributed by atoms with van der Waals surface area (Å²) < 4.78 is 15.7. The van der Waals surface area contributed by atoms with Gasteiger partial charge < -0.3 is 10.4 Å². The SMILES string of the molecule is OCC[C@@H](Nc1ccc2nnc(-c3ccccc3F)n2n1)c1ccccc1. The summed E-state index contributed by atoms with van der Waals surface area (Å²) in [4.78, 5) is 0. The van der Waals surface area contributed by atoms with Gasteiger partial charge >= 0.3 is 0 Å². The van der Waals surface area contributed by atoms with Crippen molar-refractivity contribution in [1.29, 1.82) is 0 Å². The van der Waals surface area contributed by atoms with Gasteiger partial charge in [-0.15, -0.1) is 15.3 Å². The van der Waals surface area contributed by atoms with Crippen LogP contribution in [0.2, 0.25) is 0 Å². The van der Waals surface area contributed by atoms with Crippen LogP contribution in [0.25, 0.3) is 17.0 Å². The summed E-state index contributed by atoms with van der Waals surface area (Å²) in [6, 6.07) is 19.7. The summed E-state index contributed by atoms with van der Waals surface area (Å²) in [5.41, 5.74) is 1.91.